The molecule has 0 aliphatic rings. The molecule has 2 aromatic heterocycles. The van der Waals surface area contributed by atoms with E-state index in [1.54, 1.807) is 31.3 Å². The Hall–Kier alpha value is -1.79. The number of rotatable bonds is 7. The number of nitrogens with zero attached hydrogens (tertiary/aromatic N) is 2. The van der Waals surface area contributed by atoms with Gasteiger partial charge in [0.15, 0.2) is 11.6 Å². The molecular weight excluding hydrogens is 286 g/mol. The molecule has 5 nitrogen and oxygen atoms in total. The third-order valence-electron chi connectivity index (χ3n) is 2.80. The van der Waals surface area contributed by atoms with E-state index in [4.69, 9.17) is 15.2 Å². The fraction of sp³-hybridized carbons (Fsp3) is 0.333. The normalized spacial score (nSPS) is 10.6. The van der Waals surface area contributed by atoms with Gasteiger partial charge in [0.25, 0.3) is 0 Å². The van der Waals surface area contributed by atoms with Gasteiger partial charge < -0.3 is 15.2 Å². The fourth-order valence-electron chi connectivity index (χ4n) is 1.69. The van der Waals surface area contributed by atoms with E-state index in [0.29, 0.717) is 17.3 Å². The van der Waals surface area contributed by atoms with E-state index in [1.165, 1.54) is 0 Å². The maximum absolute atomic E-state index is 5.88. The Morgan fingerprint density at radius 3 is 2.90 bits per heavy atom. The second-order valence-electron chi connectivity index (χ2n) is 4.44. The Kier molecular flexibility index (Phi) is 5.83. The fourth-order valence-corrected chi connectivity index (χ4v) is 2.50. The van der Waals surface area contributed by atoms with E-state index in [1.807, 2.05) is 25.1 Å². The average Bonchev–Trinajstić information content (AvgIpc) is 2.49. The molecule has 0 atom stereocenters. The minimum absolute atomic E-state index is 0.375. The zero-order valence-electron chi connectivity index (χ0n) is 12.2. The lowest BCUT2D eigenvalue weighted by Crippen LogP contribution is -1.97. The summed E-state index contributed by atoms with van der Waals surface area (Å²) >= 11 is 1.70. The zero-order chi connectivity index (χ0) is 15.1. The summed E-state index contributed by atoms with van der Waals surface area (Å²) < 4.78 is 10.9. The van der Waals surface area contributed by atoms with Crippen molar-refractivity contribution in [3.63, 3.8) is 0 Å². The van der Waals surface area contributed by atoms with Crippen LogP contribution >= 0.6 is 11.8 Å². The van der Waals surface area contributed by atoms with Gasteiger partial charge in [0.1, 0.15) is 5.75 Å². The van der Waals surface area contributed by atoms with Crippen molar-refractivity contribution in [3.8, 4) is 11.5 Å². The number of thioether (sulfide) groups is 1. The number of aromatic nitrogens is 2. The second kappa shape index (κ2) is 7.85. The van der Waals surface area contributed by atoms with E-state index in [0.717, 1.165) is 29.4 Å². The molecule has 2 rings (SSSR count). The van der Waals surface area contributed by atoms with Gasteiger partial charge in [0, 0.05) is 36.8 Å². The summed E-state index contributed by atoms with van der Waals surface area (Å²) in [6.45, 7) is 2.65. The lowest BCUT2D eigenvalue weighted by atomic mass is 10.3. The minimum atomic E-state index is 0.375. The molecule has 112 valence electrons. The smallest absolute Gasteiger partial charge is 0.170 e. The van der Waals surface area contributed by atoms with Gasteiger partial charge in [-0.05, 0) is 31.5 Å². The molecule has 6 heteroatoms. The number of nitrogens with two attached hydrogens (primary N) is 1. The molecule has 0 aliphatic heterocycles. The molecule has 0 fully saturated rings. The molecule has 0 saturated heterocycles. The minimum Gasteiger partial charge on any atom is -0.452 e. The van der Waals surface area contributed by atoms with Gasteiger partial charge in [0.2, 0.25) is 0 Å². The Balaban J connectivity index is 2.07. The van der Waals surface area contributed by atoms with E-state index in [-0.39, 0.29) is 0 Å². The van der Waals surface area contributed by atoms with Gasteiger partial charge in [-0.25, -0.2) is 4.98 Å². The number of pyridine rings is 2. The van der Waals surface area contributed by atoms with Gasteiger partial charge in [-0.15, -0.1) is 11.8 Å². The Labute approximate surface area is 128 Å². The first kappa shape index (κ1) is 15.6. The number of anilines is 1. The summed E-state index contributed by atoms with van der Waals surface area (Å²) in [6, 6.07) is 5.60. The van der Waals surface area contributed by atoms with E-state index >= 15 is 0 Å². The molecule has 0 aromatic carbocycles. The van der Waals surface area contributed by atoms with Crippen LogP contribution in [0.4, 0.5) is 5.82 Å². The van der Waals surface area contributed by atoms with Crippen molar-refractivity contribution >= 4 is 17.6 Å². The first-order chi connectivity index (χ1) is 10.2. The van der Waals surface area contributed by atoms with Gasteiger partial charge >= 0.3 is 0 Å². The number of methoxy groups -OCH3 is 1. The quantitative estimate of drug-likeness (QED) is 0.625. The monoisotopic (exact) mass is 305 g/mol. The highest BCUT2D eigenvalue weighted by atomic mass is 32.2. The first-order valence-corrected chi connectivity index (χ1v) is 7.66. The van der Waals surface area contributed by atoms with E-state index in [9.17, 15) is 0 Å². The highest BCUT2D eigenvalue weighted by Crippen LogP contribution is 2.31. The summed E-state index contributed by atoms with van der Waals surface area (Å²) in [5, 5.41) is 0. The topological polar surface area (TPSA) is 70.3 Å². The predicted octanol–water partition coefficient (Wildman–Crippen LogP) is 3.29. The van der Waals surface area contributed by atoms with Crippen LogP contribution in [0, 0.1) is 6.92 Å². The molecule has 2 aromatic rings. The van der Waals surface area contributed by atoms with Crippen LogP contribution in [0.2, 0.25) is 0 Å². The van der Waals surface area contributed by atoms with Crippen LogP contribution < -0.4 is 10.5 Å². The maximum atomic E-state index is 5.88. The van der Waals surface area contributed by atoms with Gasteiger partial charge in [-0.1, -0.05) is 0 Å². The van der Waals surface area contributed by atoms with Crippen LogP contribution in [0.15, 0.2) is 35.5 Å². The van der Waals surface area contributed by atoms with Crippen molar-refractivity contribution in [1.82, 2.24) is 9.97 Å². The van der Waals surface area contributed by atoms with Gasteiger partial charge in [-0.3, -0.25) is 4.98 Å². The second-order valence-corrected chi connectivity index (χ2v) is 5.61. The largest absolute Gasteiger partial charge is 0.452 e. The van der Waals surface area contributed by atoms with Crippen LogP contribution in [-0.2, 0) is 4.74 Å². The number of nitrogen functional groups attached to an aromatic ring is 1. The third-order valence-corrected chi connectivity index (χ3v) is 3.85. The van der Waals surface area contributed by atoms with E-state index in [2.05, 4.69) is 9.97 Å². The summed E-state index contributed by atoms with van der Waals surface area (Å²) in [7, 11) is 1.71. The highest BCUT2D eigenvalue weighted by molar-refractivity contribution is 7.99. The Morgan fingerprint density at radius 2 is 2.14 bits per heavy atom. The highest BCUT2D eigenvalue weighted by Gasteiger charge is 2.08. The number of hydrogen-bond donors (Lipinski definition) is 1. The lowest BCUT2D eigenvalue weighted by Gasteiger charge is -2.10. The molecule has 21 heavy (non-hydrogen) atoms. The molecule has 0 aliphatic carbocycles. The van der Waals surface area contributed by atoms with Crippen molar-refractivity contribution in [2.45, 2.75) is 18.2 Å². The molecule has 0 unspecified atom stereocenters. The molecule has 0 spiro atoms. The molecule has 2 N–H and O–H groups in total. The summed E-state index contributed by atoms with van der Waals surface area (Å²) in [5.74, 6) is 2.58. The number of hydrogen-bond acceptors (Lipinski definition) is 6. The van der Waals surface area contributed by atoms with Crippen LogP contribution in [-0.4, -0.2) is 29.4 Å². The van der Waals surface area contributed by atoms with Crippen molar-refractivity contribution in [3.05, 3.63) is 36.3 Å². The van der Waals surface area contributed by atoms with E-state index < -0.39 is 0 Å². The van der Waals surface area contributed by atoms with Crippen LogP contribution in [0.5, 0.6) is 11.5 Å². The predicted molar refractivity (Wildman–Crippen MR) is 84.9 cm³/mol. The first-order valence-electron chi connectivity index (χ1n) is 6.67. The summed E-state index contributed by atoms with van der Waals surface area (Å²) in [6.07, 6.45) is 4.48. The maximum Gasteiger partial charge on any atom is 0.170 e. The van der Waals surface area contributed by atoms with Gasteiger partial charge in [0.05, 0.1) is 5.69 Å². The molecule has 0 saturated carbocycles. The Morgan fingerprint density at radius 1 is 1.29 bits per heavy atom. The average molecular weight is 305 g/mol. The number of ether oxygens (including phenoxy) is 2. The molecule has 0 amide bonds. The molecule has 0 bridgehead atoms. The third kappa shape index (κ3) is 4.61. The lowest BCUT2D eigenvalue weighted by molar-refractivity contribution is 0.200. The van der Waals surface area contributed by atoms with Gasteiger partial charge in [-0.2, -0.15) is 0 Å². The van der Waals surface area contributed by atoms with Crippen LogP contribution in [0.25, 0.3) is 0 Å². The van der Waals surface area contributed by atoms with Crippen molar-refractivity contribution in [2.24, 2.45) is 0 Å². The van der Waals surface area contributed by atoms with Crippen LogP contribution in [0.1, 0.15) is 12.1 Å². The molecule has 2 heterocycles. The number of aryl methyl sites for hydroxylation is 1. The SMILES string of the molecule is COCCCSc1cnc(N)c(Oc2cccnc2C)c1. The summed E-state index contributed by atoms with van der Waals surface area (Å²) in [4.78, 5) is 9.40. The standard InChI is InChI=1S/C15H19N3O2S/c1-11-13(5-3-6-17-11)20-14-9-12(10-18-15(14)16)21-8-4-7-19-2/h3,5-6,9-10H,4,7-8H2,1-2H3,(H2,16,18). The Bertz CT molecular complexity index is 593. The van der Waals surface area contributed by atoms with Crippen molar-refractivity contribution in [2.75, 3.05) is 25.2 Å². The summed E-state index contributed by atoms with van der Waals surface area (Å²) in [5.41, 5.74) is 6.69. The molecule has 0 radical (unpaired) electrons. The molecular formula is C15H19N3O2S. The van der Waals surface area contributed by atoms with Crippen molar-refractivity contribution < 1.29 is 9.47 Å². The zero-order valence-corrected chi connectivity index (χ0v) is 13.0. The van der Waals surface area contributed by atoms with Crippen molar-refractivity contribution in [1.29, 1.82) is 0 Å². The van der Waals surface area contributed by atoms with Crippen LogP contribution in [0.3, 0.4) is 0 Å².